The summed E-state index contributed by atoms with van der Waals surface area (Å²) in [5, 5.41) is 8.96. The maximum atomic E-state index is 10.9. The number of carbonyl (C=O) groups is 1. The Hall–Kier alpha value is -1.31. The van der Waals surface area contributed by atoms with Crippen LogP contribution in [0.4, 0.5) is 0 Å². The molecule has 76 valence electrons. The summed E-state index contributed by atoms with van der Waals surface area (Å²) in [5.41, 5.74) is 0.157. The monoisotopic (exact) mass is 194 g/mol. The van der Waals surface area contributed by atoms with E-state index < -0.39 is 5.97 Å². The van der Waals surface area contributed by atoms with Gasteiger partial charge in [0.05, 0.1) is 2.74 Å². The van der Waals surface area contributed by atoms with Crippen molar-refractivity contribution < 1.29 is 12.6 Å². The molecule has 2 nitrogen and oxygen atoms in total. The summed E-state index contributed by atoms with van der Waals surface area (Å²) in [6, 6.07) is 0. The lowest BCUT2D eigenvalue weighted by molar-refractivity contribution is -0.133. The first kappa shape index (κ1) is 8.04. The Balaban J connectivity index is 2.95. The van der Waals surface area contributed by atoms with Gasteiger partial charge in [-0.3, -0.25) is 0 Å². The summed E-state index contributed by atoms with van der Waals surface area (Å²) in [4.78, 5) is 10.9. The number of hydrogen-bond donors (Lipinski definition) is 1. The fourth-order valence-electron chi connectivity index (χ4n) is 2.17. The van der Waals surface area contributed by atoms with E-state index in [4.69, 9.17) is 7.85 Å². The molecule has 0 aromatic carbocycles. The lowest BCUT2D eigenvalue weighted by Crippen LogP contribution is -2.19. The van der Waals surface area contributed by atoms with Crippen molar-refractivity contribution in [2.45, 2.75) is 12.8 Å². The van der Waals surface area contributed by atoms with Gasteiger partial charge in [0.2, 0.25) is 0 Å². The minimum atomic E-state index is -1.01. The third-order valence-corrected chi connectivity index (χ3v) is 2.95. The first-order valence-electron chi connectivity index (χ1n) is 5.67. The predicted octanol–water partition coefficient (Wildman–Crippen LogP) is 2.64. The van der Waals surface area contributed by atoms with Crippen molar-refractivity contribution in [2.75, 3.05) is 0 Å². The zero-order chi connectivity index (χ0) is 12.3. The minimum absolute atomic E-state index is 0.0726. The van der Waals surface area contributed by atoms with E-state index in [-0.39, 0.29) is 29.9 Å². The molecule has 1 aliphatic carbocycles. The largest absolute Gasteiger partial charge is 0.478 e. The smallest absolute Gasteiger partial charge is 0.331 e. The van der Waals surface area contributed by atoms with Crippen LogP contribution < -0.4 is 0 Å². The van der Waals surface area contributed by atoms with Crippen LogP contribution in [0.15, 0.2) is 37.4 Å². The van der Waals surface area contributed by atoms with Crippen LogP contribution >= 0.6 is 0 Å². The average molecular weight is 194 g/mol. The normalized spacial score (nSPS) is 32.7. The second-order valence-corrected chi connectivity index (χ2v) is 3.66. The Bertz CT molecular complexity index is 343. The van der Waals surface area contributed by atoms with Crippen molar-refractivity contribution in [3.05, 3.63) is 37.4 Å². The van der Waals surface area contributed by atoms with E-state index in [0.29, 0.717) is 0 Å². The maximum absolute atomic E-state index is 10.9. The van der Waals surface area contributed by atoms with Gasteiger partial charge in [-0.05, 0) is 24.7 Å². The van der Waals surface area contributed by atoms with E-state index >= 15 is 0 Å². The van der Waals surface area contributed by atoms with Crippen LogP contribution in [0, 0.1) is 17.8 Å². The van der Waals surface area contributed by atoms with Crippen LogP contribution in [-0.2, 0) is 4.79 Å². The van der Waals surface area contributed by atoms with E-state index in [0.717, 1.165) is 12.8 Å². The average Bonchev–Trinajstić information content (AvgIpc) is 2.58. The molecule has 3 atom stereocenters. The van der Waals surface area contributed by atoms with E-state index in [1.165, 1.54) is 6.08 Å². The zero-order valence-corrected chi connectivity index (χ0v) is 8.07. The molecule has 0 aliphatic heterocycles. The van der Waals surface area contributed by atoms with Gasteiger partial charge in [0.1, 0.15) is 0 Å². The number of hydrogen-bond acceptors (Lipinski definition) is 1. The van der Waals surface area contributed by atoms with Crippen LogP contribution in [0.25, 0.3) is 0 Å². The first-order chi connectivity index (χ1) is 7.47. The van der Waals surface area contributed by atoms with Gasteiger partial charge in [0, 0.05) is 11.5 Å². The van der Waals surface area contributed by atoms with Crippen molar-refractivity contribution >= 4 is 5.97 Å². The van der Waals surface area contributed by atoms with Crippen molar-refractivity contribution in [1.82, 2.24) is 0 Å². The number of aliphatic carboxylic acids is 1. The molecule has 14 heavy (non-hydrogen) atoms. The Morgan fingerprint density at radius 3 is 2.43 bits per heavy atom. The molecule has 1 aliphatic rings. The van der Waals surface area contributed by atoms with Gasteiger partial charge in [-0.25, -0.2) is 4.79 Å². The molecule has 1 N–H and O–H groups in total. The molecular formula is C12H16O2. The summed E-state index contributed by atoms with van der Waals surface area (Å²) in [5.74, 6) is -1.21. The molecule has 0 heterocycles. The highest BCUT2D eigenvalue weighted by Gasteiger charge is 2.36. The summed E-state index contributed by atoms with van der Waals surface area (Å²) < 4.78 is 14.3. The molecule has 0 amide bonds. The molecule has 0 aromatic heterocycles. The molecule has 2 heteroatoms. The van der Waals surface area contributed by atoms with E-state index in [2.05, 4.69) is 13.2 Å². The van der Waals surface area contributed by atoms with Crippen LogP contribution in [0.1, 0.15) is 15.6 Å². The molecule has 0 unspecified atom stereocenters. The van der Waals surface area contributed by atoms with Crippen LogP contribution in [0.2, 0.25) is 0 Å². The molecular weight excluding hydrogens is 176 g/mol. The topological polar surface area (TPSA) is 37.3 Å². The fraction of sp³-hybridized carbons (Fsp3) is 0.417. The van der Waals surface area contributed by atoms with Gasteiger partial charge in [-0.2, -0.15) is 0 Å². The quantitative estimate of drug-likeness (QED) is 0.551. The van der Waals surface area contributed by atoms with Gasteiger partial charge in [-0.15, -0.1) is 13.1 Å². The predicted molar refractivity (Wildman–Crippen MR) is 56.9 cm³/mol. The lowest BCUT2D eigenvalue weighted by atomic mass is 9.83. The summed E-state index contributed by atoms with van der Waals surface area (Å²) in [6.07, 6.45) is 4.88. The number of carboxylic acids is 1. The van der Waals surface area contributed by atoms with Gasteiger partial charge >= 0.3 is 5.97 Å². The number of allylic oxidation sites excluding steroid dienone is 2. The second kappa shape index (κ2) is 4.27. The van der Waals surface area contributed by atoms with Crippen LogP contribution in [0.3, 0.4) is 0 Å². The Kier molecular flexibility index (Phi) is 2.45. The Morgan fingerprint density at radius 2 is 2.00 bits per heavy atom. The van der Waals surface area contributed by atoms with E-state index in [1.807, 2.05) is 0 Å². The fourth-order valence-corrected chi connectivity index (χ4v) is 2.17. The lowest BCUT2D eigenvalue weighted by Gasteiger charge is -2.20. The van der Waals surface area contributed by atoms with E-state index in [9.17, 15) is 4.79 Å². The Morgan fingerprint density at radius 1 is 1.43 bits per heavy atom. The third-order valence-electron chi connectivity index (χ3n) is 2.95. The molecule has 0 spiro atoms. The second-order valence-electron chi connectivity index (χ2n) is 3.66. The number of carboxylic acid groups (broad SMARTS) is 1. The minimum Gasteiger partial charge on any atom is -0.478 e. The van der Waals surface area contributed by atoms with Crippen LogP contribution in [-0.4, -0.2) is 11.1 Å². The van der Waals surface area contributed by atoms with Gasteiger partial charge < -0.3 is 5.11 Å². The molecule has 0 saturated heterocycles. The highest BCUT2D eigenvalue weighted by molar-refractivity contribution is 5.86. The summed E-state index contributed by atoms with van der Waals surface area (Å²) in [6.45, 7) is 7.03. The van der Waals surface area contributed by atoms with Crippen molar-refractivity contribution in [2.24, 2.45) is 17.8 Å². The summed E-state index contributed by atoms with van der Waals surface area (Å²) in [7, 11) is 0. The molecule has 1 fully saturated rings. The van der Waals surface area contributed by atoms with Crippen molar-refractivity contribution in [3.63, 3.8) is 0 Å². The summed E-state index contributed by atoms with van der Waals surface area (Å²) >= 11 is 0. The maximum Gasteiger partial charge on any atom is 0.331 e. The number of rotatable bonds is 4. The molecule has 0 radical (unpaired) electrons. The van der Waals surface area contributed by atoms with Gasteiger partial charge in [0.25, 0.3) is 0 Å². The SMILES string of the molecule is [2H]C([2H])=C[C@H]1CC[C@H](C=C)[C@@H]1C(=C)C(=O)O. The molecule has 1 saturated carbocycles. The Labute approximate surface area is 87.4 Å². The molecule has 0 bridgehead atoms. The van der Waals surface area contributed by atoms with Crippen molar-refractivity contribution in [1.29, 1.82) is 0 Å². The highest BCUT2D eigenvalue weighted by atomic mass is 16.4. The third kappa shape index (κ3) is 1.79. The molecule has 0 aromatic rings. The van der Waals surface area contributed by atoms with E-state index in [1.54, 1.807) is 6.08 Å². The zero-order valence-electron chi connectivity index (χ0n) is 10.1. The standard InChI is InChI=1S/C12H16O2/c1-4-9-6-7-10(5-2)11(9)8(3)12(13)14/h4-5,9-11H,1-3,6-7H2,(H,13,14)/t9-,10-/m0/s1/i1D2/t9-,10-,11+. The van der Waals surface area contributed by atoms with Crippen molar-refractivity contribution in [3.8, 4) is 0 Å². The highest BCUT2D eigenvalue weighted by Crippen LogP contribution is 2.42. The van der Waals surface area contributed by atoms with Gasteiger partial charge in [0.15, 0.2) is 0 Å². The van der Waals surface area contributed by atoms with Crippen LogP contribution in [0.5, 0.6) is 0 Å². The first-order valence-corrected chi connectivity index (χ1v) is 4.67. The van der Waals surface area contributed by atoms with Gasteiger partial charge in [-0.1, -0.05) is 18.7 Å². The molecule has 1 rings (SSSR count).